The Kier molecular flexibility index (Phi) is 6.52. The topological polar surface area (TPSA) is 24.9 Å². The van der Waals surface area contributed by atoms with Gasteiger partial charge in [0, 0.05) is 11.9 Å². The second-order valence-electron chi connectivity index (χ2n) is 5.77. The highest BCUT2D eigenvalue weighted by molar-refractivity contribution is 5.82. The molecule has 2 rings (SSSR count). The Morgan fingerprint density at radius 3 is 2.52 bits per heavy atom. The van der Waals surface area contributed by atoms with Crippen LogP contribution in [0.5, 0.6) is 0 Å². The van der Waals surface area contributed by atoms with E-state index in [2.05, 4.69) is 49.5 Å². The third-order valence-corrected chi connectivity index (χ3v) is 3.92. The van der Waals surface area contributed by atoms with Crippen molar-refractivity contribution in [1.82, 2.24) is 4.98 Å². The van der Waals surface area contributed by atoms with Gasteiger partial charge in [0.25, 0.3) is 0 Å². The fraction of sp³-hybridized carbons (Fsp3) is 0.526. The van der Waals surface area contributed by atoms with Crippen LogP contribution in [-0.2, 0) is 6.42 Å². The Bertz CT molecular complexity index is 548. The summed E-state index contributed by atoms with van der Waals surface area (Å²) >= 11 is 0. The average Bonchev–Trinajstić information content (AvgIpc) is 2.52. The molecule has 2 aromatic rings. The third-order valence-electron chi connectivity index (χ3n) is 3.92. The van der Waals surface area contributed by atoms with Gasteiger partial charge in [-0.05, 0) is 31.4 Å². The van der Waals surface area contributed by atoms with Gasteiger partial charge in [-0.1, -0.05) is 57.7 Å². The maximum Gasteiger partial charge on any atom is 0.0706 e. The third kappa shape index (κ3) is 4.73. The van der Waals surface area contributed by atoms with Crippen molar-refractivity contribution in [3.05, 3.63) is 36.0 Å². The molecule has 2 nitrogen and oxygen atoms in total. The molecule has 0 aliphatic rings. The lowest BCUT2D eigenvalue weighted by atomic mass is 10.1. The monoisotopic (exact) mass is 284 g/mol. The number of aromatic nitrogens is 1. The van der Waals surface area contributed by atoms with E-state index in [-0.39, 0.29) is 0 Å². The number of para-hydroxylation sites is 1. The van der Waals surface area contributed by atoms with Crippen molar-refractivity contribution in [3.8, 4) is 0 Å². The van der Waals surface area contributed by atoms with E-state index in [4.69, 9.17) is 4.98 Å². The second kappa shape index (κ2) is 8.66. The summed E-state index contributed by atoms with van der Waals surface area (Å²) < 4.78 is 0. The van der Waals surface area contributed by atoms with E-state index in [0.29, 0.717) is 0 Å². The molecule has 1 aromatic heterocycles. The number of pyridine rings is 1. The van der Waals surface area contributed by atoms with Crippen LogP contribution in [0, 0.1) is 0 Å². The van der Waals surface area contributed by atoms with Gasteiger partial charge in [0.15, 0.2) is 0 Å². The lowest BCUT2D eigenvalue weighted by Gasteiger charge is -2.13. The van der Waals surface area contributed by atoms with Gasteiger partial charge in [-0.15, -0.1) is 0 Å². The van der Waals surface area contributed by atoms with Gasteiger partial charge < -0.3 is 5.32 Å². The highest BCUT2D eigenvalue weighted by Gasteiger charge is 2.06. The van der Waals surface area contributed by atoms with Gasteiger partial charge in [-0.25, -0.2) is 0 Å². The highest BCUT2D eigenvalue weighted by Crippen LogP contribution is 2.22. The Labute approximate surface area is 129 Å². The highest BCUT2D eigenvalue weighted by atomic mass is 14.9. The molecule has 0 unspecified atom stereocenters. The second-order valence-corrected chi connectivity index (χ2v) is 5.77. The average molecular weight is 284 g/mol. The van der Waals surface area contributed by atoms with Crippen LogP contribution < -0.4 is 5.32 Å². The molecule has 0 bridgehead atoms. The Morgan fingerprint density at radius 1 is 0.952 bits per heavy atom. The van der Waals surface area contributed by atoms with Gasteiger partial charge in [0.05, 0.1) is 16.9 Å². The molecule has 114 valence electrons. The number of fused-ring (bicyclic) bond motifs is 1. The molecular formula is C19H28N2. The van der Waals surface area contributed by atoms with Gasteiger partial charge >= 0.3 is 0 Å². The van der Waals surface area contributed by atoms with Crippen molar-refractivity contribution in [1.29, 1.82) is 0 Å². The van der Waals surface area contributed by atoms with E-state index in [1.165, 1.54) is 55.3 Å². The number of hydrogen-bond acceptors (Lipinski definition) is 2. The molecule has 1 aromatic carbocycles. The maximum absolute atomic E-state index is 4.88. The van der Waals surface area contributed by atoms with E-state index < -0.39 is 0 Å². The summed E-state index contributed by atoms with van der Waals surface area (Å²) in [4.78, 5) is 4.88. The summed E-state index contributed by atoms with van der Waals surface area (Å²) in [6.45, 7) is 5.54. The van der Waals surface area contributed by atoms with E-state index in [1.54, 1.807) is 0 Å². The van der Waals surface area contributed by atoms with E-state index in [1.807, 2.05) is 0 Å². The SMILES string of the molecule is CCCCCNc1cc2ccccc2nc1CCCCC. The summed E-state index contributed by atoms with van der Waals surface area (Å²) in [7, 11) is 0. The zero-order chi connectivity index (χ0) is 14.9. The van der Waals surface area contributed by atoms with Crippen molar-refractivity contribution in [2.24, 2.45) is 0 Å². The summed E-state index contributed by atoms with van der Waals surface area (Å²) in [6, 6.07) is 10.7. The molecule has 0 radical (unpaired) electrons. The molecule has 0 aliphatic heterocycles. The molecule has 1 heterocycles. The van der Waals surface area contributed by atoms with Crippen LogP contribution in [0.2, 0.25) is 0 Å². The number of nitrogens with one attached hydrogen (secondary N) is 1. The van der Waals surface area contributed by atoms with Crippen molar-refractivity contribution in [2.45, 2.75) is 58.8 Å². The normalized spacial score (nSPS) is 11.0. The van der Waals surface area contributed by atoms with Crippen LogP contribution in [0.4, 0.5) is 5.69 Å². The van der Waals surface area contributed by atoms with Crippen molar-refractivity contribution < 1.29 is 0 Å². The fourth-order valence-electron chi connectivity index (χ4n) is 2.64. The van der Waals surface area contributed by atoms with Crippen molar-refractivity contribution in [2.75, 3.05) is 11.9 Å². The molecule has 0 fully saturated rings. The number of hydrogen-bond donors (Lipinski definition) is 1. The Balaban J connectivity index is 2.14. The van der Waals surface area contributed by atoms with Gasteiger partial charge in [-0.2, -0.15) is 0 Å². The number of rotatable bonds is 9. The first-order valence-corrected chi connectivity index (χ1v) is 8.47. The predicted octanol–water partition coefficient (Wildman–Crippen LogP) is 5.57. The number of nitrogens with zero attached hydrogens (tertiary/aromatic N) is 1. The minimum atomic E-state index is 1.05. The van der Waals surface area contributed by atoms with E-state index in [9.17, 15) is 0 Å². The van der Waals surface area contributed by atoms with Crippen LogP contribution >= 0.6 is 0 Å². The summed E-state index contributed by atoms with van der Waals surface area (Å²) in [5.41, 5.74) is 3.59. The first kappa shape index (κ1) is 15.8. The molecule has 0 aliphatic carbocycles. The zero-order valence-electron chi connectivity index (χ0n) is 13.5. The smallest absolute Gasteiger partial charge is 0.0706 e. The van der Waals surface area contributed by atoms with Crippen LogP contribution in [-0.4, -0.2) is 11.5 Å². The summed E-state index contributed by atoms with van der Waals surface area (Å²) in [5, 5.41) is 4.84. The minimum absolute atomic E-state index is 1.05. The van der Waals surface area contributed by atoms with Gasteiger partial charge in [0.1, 0.15) is 0 Å². The molecule has 0 amide bonds. The molecule has 0 spiro atoms. The van der Waals surface area contributed by atoms with Crippen LogP contribution in [0.1, 0.15) is 58.1 Å². The molecular weight excluding hydrogens is 256 g/mol. The van der Waals surface area contributed by atoms with E-state index in [0.717, 1.165) is 18.5 Å². The molecule has 21 heavy (non-hydrogen) atoms. The van der Waals surface area contributed by atoms with Crippen LogP contribution in [0.25, 0.3) is 10.9 Å². The lowest BCUT2D eigenvalue weighted by molar-refractivity contribution is 0.707. The number of benzene rings is 1. The number of anilines is 1. The fourth-order valence-corrected chi connectivity index (χ4v) is 2.64. The van der Waals surface area contributed by atoms with Crippen molar-refractivity contribution >= 4 is 16.6 Å². The van der Waals surface area contributed by atoms with Crippen LogP contribution in [0.3, 0.4) is 0 Å². The van der Waals surface area contributed by atoms with Crippen molar-refractivity contribution in [3.63, 3.8) is 0 Å². The van der Waals surface area contributed by atoms with Gasteiger partial charge in [-0.3, -0.25) is 4.98 Å². The first-order valence-electron chi connectivity index (χ1n) is 8.47. The molecule has 0 atom stereocenters. The van der Waals surface area contributed by atoms with Crippen LogP contribution in [0.15, 0.2) is 30.3 Å². The lowest BCUT2D eigenvalue weighted by Crippen LogP contribution is -2.06. The number of aryl methyl sites for hydroxylation is 1. The quantitative estimate of drug-likeness (QED) is 0.609. The molecule has 2 heteroatoms. The molecule has 1 N–H and O–H groups in total. The first-order chi connectivity index (χ1) is 10.3. The summed E-state index contributed by atoms with van der Waals surface area (Å²) in [5.74, 6) is 0. The standard InChI is InChI=1S/C19H28N2/c1-3-5-7-13-18-19(20-14-10-6-4-2)15-16-11-8-9-12-17(16)21-18/h8-9,11-12,15,20H,3-7,10,13-14H2,1-2H3. The maximum atomic E-state index is 4.88. The zero-order valence-corrected chi connectivity index (χ0v) is 13.5. The predicted molar refractivity (Wildman–Crippen MR) is 93.0 cm³/mol. The Hall–Kier alpha value is -1.57. The Morgan fingerprint density at radius 2 is 1.71 bits per heavy atom. The largest absolute Gasteiger partial charge is 0.384 e. The minimum Gasteiger partial charge on any atom is -0.384 e. The molecule has 0 saturated heterocycles. The van der Waals surface area contributed by atoms with E-state index >= 15 is 0 Å². The van der Waals surface area contributed by atoms with Gasteiger partial charge in [0.2, 0.25) is 0 Å². The molecule has 0 saturated carbocycles. The summed E-state index contributed by atoms with van der Waals surface area (Å²) in [6.07, 6.45) is 8.63. The number of unbranched alkanes of at least 4 members (excludes halogenated alkanes) is 4.